The lowest BCUT2D eigenvalue weighted by Gasteiger charge is -2.28. The quantitative estimate of drug-likeness (QED) is 0.716. The van der Waals surface area contributed by atoms with Crippen molar-refractivity contribution in [3.63, 3.8) is 0 Å². The Hall–Kier alpha value is -0.0900. The number of rotatable bonds is 5. The zero-order chi connectivity index (χ0) is 13.8. The summed E-state index contributed by atoms with van der Waals surface area (Å²) >= 11 is 0. The maximum atomic E-state index is 12.3. The molecule has 0 aliphatic heterocycles. The lowest BCUT2D eigenvalue weighted by Crippen LogP contribution is -2.31. The van der Waals surface area contributed by atoms with Gasteiger partial charge in [0, 0.05) is 0 Å². The standard InChI is InChI=1S/C14H28O3S/c1-5-13(11-14(2,3)4)18(15,16)17-12-9-7-6-8-10-12/h12-13H,5-11H2,1-4H3. The summed E-state index contributed by atoms with van der Waals surface area (Å²) in [5.41, 5.74) is 0.0175. The van der Waals surface area contributed by atoms with Crippen molar-refractivity contribution < 1.29 is 12.6 Å². The molecule has 1 unspecified atom stereocenters. The minimum absolute atomic E-state index is 0.0175. The van der Waals surface area contributed by atoms with Crippen LogP contribution in [0.2, 0.25) is 0 Å². The van der Waals surface area contributed by atoms with Crippen LogP contribution >= 0.6 is 0 Å². The summed E-state index contributed by atoms with van der Waals surface area (Å²) in [6, 6.07) is 0. The summed E-state index contributed by atoms with van der Waals surface area (Å²) in [5.74, 6) is 0. The zero-order valence-corrected chi connectivity index (χ0v) is 13.1. The van der Waals surface area contributed by atoms with Crippen LogP contribution in [0.1, 0.15) is 72.6 Å². The summed E-state index contributed by atoms with van der Waals surface area (Å²) in [6.45, 7) is 8.15. The highest BCUT2D eigenvalue weighted by atomic mass is 32.2. The molecule has 0 aromatic carbocycles. The highest BCUT2D eigenvalue weighted by molar-refractivity contribution is 7.87. The second-order valence-electron chi connectivity index (χ2n) is 6.64. The summed E-state index contributed by atoms with van der Waals surface area (Å²) in [6.07, 6.45) is 6.41. The van der Waals surface area contributed by atoms with E-state index in [-0.39, 0.29) is 16.8 Å². The van der Waals surface area contributed by atoms with E-state index in [1.54, 1.807) is 0 Å². The largest absolute Gasteiger partial charge is 0.270 e. The fraction of sp³-hybridized carbons (Fsp3) is 1.00. The molecule has 1 aliphatic carbocycles. The van der Waals surface area contributed by atoms with Crippen LogP contribution in [0.3, 0.4) is 0 Å². The second kappa shape index (κ2) is 6.38. The smallest absolute Gasteiger partial charge is 0.267 e. The Kier molecular flexibility index (Phi) is 5.66. The third-order valence-corrected chi connectivity index (χ3v) is 5.38. The van der Waals surface area contributed by atoms with Crippen LogP contribution in [0.5, 0.6) is 0 Å². The molecular formula is C14H28O3S. The number of hydrogen-bond acceptors (Lipinski definition) is 3. The van der Waals surface area contributed by atoms with Crippen molar-refractivity contribution in [3.8, 4) is 0 Å². The predicted molar refractivity (Wildman–Crippen MR) is 75.0 cm³/mol. The van der Waals surface area contributed by atoms with Gasteiger partial charge in [-0.05, 0) is 31.1 Å². The second-order valence-corrected chi connectivity index (χ2v) is 8.49. The molecule has 18 heavy (non-hydrogen) atoms. The first-order valence-corrected chi connectivity index (χ1v) is 8.64. The van der Waals surface area contributed by atoms with Crippen molar-refractivity contribution in [2.45, 2.75) is 84.0 Å². The van der Waals surface area contributed by atoms with Crippen LogP contribution in [0.25, 0.3) is 0 Å². The highest BCUT2D eigenvalue weighted by Crippen LogP contribution is 2.29. The van der Waals surface area contributed by atoms with Crippen LogP contribution in [0.15, 0.2) is 0 Å². The maximum absolute atomic E-state index is 12.3. The van der Waals surface area contributed by atoms with Gasteiger partial charge in [-0.2, -0.15) is 8.42 Å². The summed E-state index contributed by atoms with van der Waals surface area (Å²) in [4.78, 5) is 0. The van der Waals surface area contributed by atoms with Gasteiger partial charge in [0.1, 0.15) is 0 Å². The van der Waals surface area contributed by atoms with Crippen LogP contribution in [-0.2, 0) is 14.3 Å². The molecule has 0 heterocycles. The molecule has 0 aromatic heterocycles. The Labute approximate surface area is 112 Å². The Bertz CT molecular complexity index is 335. The minimum Gasteiger partial charge on any atom is -0.267 e. The van der Waals surface area contributed by atoms with Gasteiger partial charge in [0.2, 0.25) is 0 Å². The third kappa shape index (κ3) is 5.27. The Morgan fingerprint density at radius 2 is 1.72 bits per heavy atom. The normalized spacial score (nSPS) is 20.9. The molecule has 1 fully saturated rings. The molecule has 0 radical (unpaired) electrons. The molecule has 0 bridgehead atoms. The van der Waals surface area contributed by atoms with E-state index in [0.717, 1.165) is 25.7 Å². The van der Waals surface area contributed by atoms with E-state index in [1.165, 1.54) is 6.42 Å². The SMILES string of the molecule is CCC(CC(C)(C)C)S(=O)(=O)OC1CCCCC1. The van der Waals surface area contributed by atoms with E-state index >= 15 is 0 Å². The first-order valence-electron chi connectivity index (χ1n) is 7.17. The molecule has 3 nitrogen and oxygen atoms in total. The van der Waals surface area contributed by atoms with Gasteiger partial charge in [0.05, 0.1) is 11.4 Å². The van der Waals surface area contributed by atoms with Crippen molar-refractivity contribution in [2.75, 3.05) is 0 Å². The first-order chi connectivity index (χ1) is 8.24. The van der Waals surface area contributed by atoms with Gasteiger partial charge in [-0.15, -0.1) is 0 Å². The molecule has 4 heteroatoms. The van der Waals surface area contributed by atoms with Crippen molar-refractivity contribution in [1.82, 2.24) is 0 Å². The van der Waals surface area contributed by atoms with E-state index in [4.69, 9.17) is 4.18 Å². The summed E-state index contributed by atoms with van der Waals surface area (Å²) in [5, 5.41) is -0.362. The molecule has 1 saturated carbocycles. The fourth-order valence-electron chi connectivity index (χ4n) is 2.56. The topological polar surface area (TPSA) is 43.4 Å². The molecule has 1 atom stereocenters. The molecule has 108 valence electrons. The minimum atomic E-state index is -3.41. The molecule has 0 amide bonds. The monoisotopic (exact) mass is 276 g/mol. The van der Waals surface area contributed by atoms with E-state index in [1.807, 2.05) is 6.92 Å². The zero-order valence-electron chi connectivity index (χ0n) is 12.2. The van der Waals surface area contributed by atoms with Crippen LogP contribution < -0.4 is 0 Å². The van der Waals surface area contributed by atoms with Gasteiger partial charge >= 0.3 is 0 Å². The van der Waals surface area contributed by atoms with Gasteiger partial charge in [-0.1, -0.05) is 47.0 Å². The van der Waals surface area contributed by atoms with Gasteiger partial charge in [0.15, 0.2) is 0 Å². The maximum Gasteiger partial charge on any atom is 0.270 e. The van der Waals surface area contributed by atoms with Crippen LogP contribution in [0.4, 0.5) is 0 Å². The molecule has 0 aromatic rings. The lowest BCUT2D eigenvalue weighted by atomic mass is 9.90. The Morgan fingerprint density at radius 3 is 2.17 bits per heavy atom. The molecule has 0 spiro atoms. The Morgan fingerprint density at radius 1 is 1.17 bits per heavy atom. The van der Waals surface area contributed by atoms with Gasteiger partial charge in [0.25, 0.3) is 10.1 Å². The van der Waals surface area contributed by atoms with Crippen molar-refractivity contribution in [2.24, 2.45) is 5.41 Å². The van der Waals surface area contributed by atoms with Crippen LogP contribution in [-0.4, -0.2) is 19.8 Å². The van der Waals surface area contributed by atoms with Crippen molar-refractivity contribution in [1.29, 1.82) is 0 Å². The van der Waals surface area contributed by atoms with E-state index < -0.39 is 10.1 Å². The molecule has 0 N–H and O–H groups in total. The fourth-order valence-corrected chi connectivity index (χ4v) is 4.40. The highest BCUT2D eigenvalue weighted by Gasteiger charge is 2.32. The van der Waals surface area contributed by atoms with Gasteiger partial charge in [-0.25, -0.2) is 0 Å². The molecule has 1 rings (SSSR count). The Balaban J connectivity index is 2.64. The molecule has 0 saturated heterocycles. The van der Waals surface area contributed by atoms with E-state index in [0.29, 0.717) is 12.8 Å². The molecule has 1 aliphatic rings. The lowest BCUT2D eigenvalue weighted by molar-refractivity contribution is 0.157. The van der Waals surface area contributed by atoms with Crippen LogP contribution in [0, 0.1) is 5.41 Å². The predicted octanol–water partition coefficient (Wildman–Crippen LogP) is 3.88. The van der Waals surface area contributed by atoms with Crippen molar-refractivity contribution >= 4 is 10.1 Å². The molecular weight excluding hydrogens is 248 g/mol. The van der Waals surface area contributed by atoms with E-state index in [9.17, 15) is 8.42 Å². The third-order valence-electron chi connectivity index (χ3n) is 3.53. The van der Waals surface area contributed by atoms with Gasteiger partial charge < -0.3 is 0 Å². The van der Waals surface area contributed by atoms with Gasteiger partial charge in [-0.3, -0.25) is 4.18 Å². The average molecular weight is 276 g/mol. The van der Waals surface area contributed by atoms with Crippen molar-refractivity contribution in [3.05, 3.63) is 0 Å². The van der Waals surface area contributed by atoms with E-state index in [2.05, 4.69) is 20.8 Å². The average Bonchev–Trinajstić information content (AvgIpc) is 2.25. The first kappa shape index (κ1) is 16.0. The summed E-state index contributed by atoms with van der Waals surface area (Å²) in [7, 11) is -3.41. The summed E-state index contributed by atoms with van der Waals surface area (Å²) < 4.78 is 30.0. The number of hydrogen-bond donors (Lipinski definition) is 0.